The molecule has 0 fully saturated rings. The summed E-state index contributed by atoms with van der Waals surface area (Å²) in [6, 6.07) is -0.735. The third-order valence-corrected chi connectivity index (χ3v) is 12.0. The van der Waals surface area contributed by atoms with Gasteiger partial charge in [0.15, 0.2) is 5.88 Å². The number of carbonyl (C=O) groups is 6. The number of rotatable bonds is 49. The third-order valence-electron chi connectivity index (χ3n) is 11.0. The molecule has 0 aromatic heterocycles. The molecule has 71 heavy (non-hydrogen) atoms. The normalized spacial score (nSPS) is 12.4. The van der Waals surface area contributed by atoms with Gasteiger partial charge in [-0.2, -0.15) is 0 Å². The minimum atomic E-state index is -4.29. The van der Waals surface area contributed by atoms with Crippen LogP contribution in [-0.2, 0) is 56.6 Å². The van der Waals surface area contributed by atoms with Crippen LogP contribution < -0.4 is 31.9 Å². The summed E-state index contributed by atoms with van der Waals surface area (Å²) in [6.07, 6.45) is 24.0. The van der Waals surface area contributed by atoms with Crippen LogP contribution in [-0.4, -0.2) is 118 Å². The monoisotopic (exact) mass is 1030 g/mol. The van der Waals surface area contributed by atoms with Gasteiger partial charge < -0.3 is 51.0 Å². The van der Waals surface area contributed by atoms with E-state index in [1.165, 1.54) is 77.0 Å². The van der Waals surface area contributed by atoms with Gasteiger partial charge in [-0.1, -0.05) is 137 Å². The van der Waals surface area contributed by atoms with Crippen molar-refractivity contribution in [2.24, 2.45) is 5.92 Å². The lowest BCUT2D eigenvalue weighted by molar-refractivity contribution is -0.144. The average Bonchev–Trinajstić information content (AvgIpc) is 3.33. The molecule has 2 atom stereocenters. The minimum Gasteiger partial charge on any atom is -0.480 e. The largest absolute Gasteiger partial charge is 0.480 e. The number of ether oxygens (including phenoxy) is 3. The maximum atomic E-state index is 12.3. The molecule has 0 heterocycles. The summed E-state index contributed by atoms with van der Waals surface area (Å²) < 4.78 is 38.8. The second-order valence-electron chi connectivity index (χ2n) is 18.5. The lowest BCUT2D eigenvalue weighted by atomic mass is 10.0. The number of nitrogens with one attached hydrogen (secondary N) is 6. The summed E-state index contributed by atoms with van der Waals surface area (Å²) in [5, 5.41) is 15.8. The van der Waals surface area contributed by atoms with Crippen LogP contribution >= 0.6 is 7.82 Å². The summed E-state index contributed by atoms with van der Waals surface area (Å²) >= 11 is 0. The fourth-order valence-electron chi connectivity index (χ4n) is 6.84. The summed E-state index contributed by atoms with van der Waals surface area (Å²) in [4.78, 5) is 81.3. The van der Waals surface area contributed by atoms with Crippen molar-refractivity contribution < 1.29 is 61.5 Å². The fraction of sp³-hybridized carbons (Fsp3) is 0.843. The molecule has 416 valence electrons. The van der Waals surface area contributed by atoms with Crippen LogP contribution in [0.3, 0.4) is 0 Å². The number of carbonyl (C=O) groups excluding carboxylic acids is 6. The number of unbranched alkanes of at least 4 members (excludes halogenated alkanes) is 17. The topological polar surface area (TPSA) is 258 Å². The van der Waals surface area contributed by atoms with Gasteiger partial charge in [0, 0.05) is 38.9 Å². The Morgan fingerprint density at radius 3 is 1.69 bits per heavy atom. The highest BCUT2D eigenvalue weighted by Crippen LogP contribution is 2.42. The number of phosphoric ester groups is 1. The van der Waals surface area contributed by atoms with Gasteiger partial charge in [-0.25, -0.2) is 4.57 Å². The summed E-state index contributed by atoms with van der Waals surface area (Å²) in [7, 11) is -4.29. The highest BCUT2D eigenvalue weighted by molar-refractivity contribution is 7.47. The van der Waals surface area contributed by atoms with E-state index in [0.29, 0.717) is 38.8 Å². The van der Waals surface area contributed by atoms with E-state index >= 15 is 0 Å². The molecule has 20 heteroatoms. The Balaban J connectivity index is 0. The van der Waals surface area contributed by atoms with Crippen molar-refractivity contribution in [3.05, 3.63) is 12.5 Å². The van der Waals surface area contributed by atoms with Gasteiger partial charge in [0.2, 0.25) is 30.0 Å². The Labute approximate surface area is 427 Å². The van der Waals surface area contributed by atoms with Crippen molar-refractivity contribution in [1.29, 1.82) is 0 Å². The quantitative estimate of drug-likeness (QED) is 0.0101. The van der Waals surface area contributed by atoms with Crippen molar-refractivity contribution in [3.8, 4) is 0 Å². The zero-order valence-electron chi connectivity index (χ0n) is 45.1. The zero-order valence-corrected chi connectivity index (χ0v) is 46.0. The Morgan fingerprint density at radius 1 is 0.620 bits per heavy atom. The average molecular weight is 1040 g/mol. The molecular formula is C51H99N6O13P. The Kier molecular flexibility index (Phi) is 46.1. The maximum absolute atomic E-state index is 12.3. The van der Waals surface area contributed by atoms with E-state index in [1.54, 1.807) is 0 Å². The predicted octanol–water partition coefficient (Wildman–Crippen LogP) is 7.79. The number of amides is 5. The lowest BCUT2D eigenvalue weighted by Crippen LogP contribution is -2.48. The molecule has 0 aliphatic carbocycles. The lowest BCUT2D eigenvalue weighted by Gasteiger charge is -2.25. The molecule has 0 bridgehead atoms. The van der Waals surface area contributed by atoms with Gasteiger partial charge in [-0.3, -0.25) is 37.8 Å². The van der Waals surface area contributed by atoms with Crippen molar-refractivity contribution in [1.82, 2.24) is 31.9 Å². The molecule has 0 saturated heterocycles. The van der Waals surface area contributed by atoms with Crippen molar-refractivity contribution in [2.45, 2.75) is 208 Å². The van der Waals surface area contributed by atoms with E-state index in [0.717, 1.165) is 44.9 Å². The van der Waals surface area contributed by atoms with Crippen LogP contribution in [0.25, 0.3) is 0 Å². The van der Waals surface area contributed by atoms with Gasteiger partial charge in [-0.05, 0) is 52.0 Å². The molecule has 0 spiro atoms. The highest BCUT2D eigenvalue weighted by atomic mass is 31.2. The molecule has 7 N–H and O–H groups in total. The van der Waals surface area contributed by atoms with Crippen LogP contribution in [0.5, 0.6) is 0 Å². The molecule has 0 radical (unpaired) electrons. The molecular weight excluding hydrogens is 936 g/mol. The summed E-state index contributed by atoms with van der Waals surface area (Å²) in [5.74, 6) is -1.46. The molecule has 0 aliphatic heterocycles. The highest BCUT2D eigenvalue weighted by Gasteiger charge is 2.22. The van der Waals surface area contributed by atoms with Crippen LogP contribution in [0.4, 0.5) is 0 Å². The first-order valence-electron chi connectivity index (χ1n) is 26.7. The summed E-state index contributed by atoms with van der Waals surface area (Å²) in [5.41, 5.74) is -0.666. The first kappa shape index (κ1) is 69.3. The smallest absolute Gasteiger partial charge is 0.472 e. The van der Waals surface area contributed by atoms with Crippen LogP contribution in [0.15, 0.2) is 12.5 Å². The van der Waals surface area contributed by atoms with Crippen LogP contribution in [0, 0.1) is 5.92 Å². The number of phosphoric acid groups is 1. The van der Waals surface area contributed by atoms with Crippen LogP contribution in [0.1, 0.15) is 196 Å². The fourth-order valence-corrected chi connectivity index (χ4v) is 7.60. The SMILES string of the molecule is C=C(NCCOP(=O)(O)OCCCOC(=O)CCCCCCCCCCCCCCCCC)OCCC(C)(C)OCC(=O)NCCCCCCNC(=O)CNC(=O)CNC(=O)[C@H](CC(C)C)NC=O.CC. The van der Waals surface area contributed by atoms with Crippen molar-refractivity contribution in [3.63, 3.8) is 0 Å². The van der Waals surface area contributed by atoms with Crippen LogP contribution in [0.2, 0.25) is 0 Å². The molecule has 19 nitrogen and oxygen atoms in total. The van der Waals surface area contributed by atoms with E-state index in [2.05, 4.69) is 45.4 Å². The van der Waals surface area contributed by atoms with E-state index in [-0.39, 0.29) is 88.7 Å². The second-order valence-corrected chi connectivity index (χ2v) is 19.9. The number of esters is 1. The van der Waals surface area contributed by atoms with Gasteiger partial charge in [0.05, 0.1) is 45.1 Å². The van der Waals surface area contributed by atoms with E-state index in [4.69, 9.17) is 23.3 Å². The molecule has 0 aromatic carbocycles. The molecule has 0 aliphatic rings. The molecule has 0 saturated carbocycles. The molecule has 1 unspecified atom stereocenters. The first-order chi connectivity index (χ1) is 34.0. The third kappa shape index (κ3) is 48.3. The molecule has 5 amide bonds. The zero-order chi connectivity index (χ0) is 53.4. The van der Waals surface area contributed by atoms with Gasteiger partial charge >= 0.3 is 13.8 Å². The Hall–Kier alpha value is -3.77. The number of hydrogen-bond acceptors (Lipinski definition) is 13. The molecule has 0 rings (SSSR count). The predicted molar refractivity (Wildman–Crippen MR) is 279 cm³/mol. The van der Waals surface area contributed by atoms with E-state index in [9.17, 15) is 38.2 Å². The van der Waals surface area contributed by atoms with E-state index < -0.39 is 31.3 Å². The van der Waals surface area contributed by atoms with Gasteiger partial charge in [0.1, 0.15) is 12.6 Å². The number of hydrogen-bond donors (Lipinski definition) is 7. The maximum Gasteiger partial charge on any atom is 0.472 e. The minimum absolute atomic E-state index is 0.100. The Bertz CT molecular complexity index is 1460. The van der Waals surface area contributed by atoms with Crippen molar-refractivity contribution >= 4 is 43.8 Å². The standard InChI is InChI=1S/C49H93N6O13P.C2H6/c1-7-8-9-10-11-12-13-14-15-16-17-18-19-20-23-27-47(60)65-32-26-33-67-69(62,63)68-35-31-50-42(4)64-34-28-49(5,6)66-39-46(59)52-30-25-22-21-24-29-51-44(57)37-53-45(58)38-54-48(61)43(55-40-56)36-41(2)3;1-2/h40-41,43,50H,4,7-39H2,1-3,5-6H3,(H,51,57)(H,52,59)(H,53,58)(H,54,61)(H,55,56)(H,62,63);1-2H3/t43-;/m0./s1. The summed E-state index contributed by atoms with van der Waals surface area (Å²) in [6.45, 7) is 18.0. The first-order valence-corrected chi connectivity index (χ1v) is 28.2. The second kappa shape index (κ2) is 47.2. The molecule has 0 aromatic rings. The van der Waals surface area contributed by atoms with Gasteiger partial charge in [-0.15, -0.1) is 0 Å². The Morgan fingerprint density at radius 2 is 1.13 bits per heavy atom. The van der Waals surface area contributed by atoms with Crippen molar-refractivity contribution in [2.75, 3.05) is 65.8 Å². The van der Waals surface area contributed by atoms with E-state index in [1.807, 2.05) is 41.5 Å². The van der Waals surface area contributed by atoms with Gasteiger partial charge in [0.25, 0.3) is 0 Å².